The predicted octanol–water partition coefficient (Wildman–Crippen LogP) is 4.04. The number of nitrogens with one attached hydrogen (secondary N) is 2. The molecule has 31 heavy (non-hydrogen) atoms. The lowest BCUT2D eigenvalue weighted by atomic mass is 10.1. The van der Waals surface area contributed by atoms with Crippen molar-refractivity contribution in [2.24, 2.45) is 5.41 Å². The summed E-state index contributed by atoms with van der Waals surface area (Å²) in [7, 11) is 0. The topological polar surface area (TPSA) is 93.2 Å². The van der Waals surface area contributed by atoms with Gasteiger partial charge in [0, 0.05) is 29.4 Å². The smallest absolute Gasteiger partial charge is 0.392 e. The van der Waals surface area contributed by atoms with Crippen LogP contribution in [0.25, 0.3) is 0 Å². The van der Waals surface area contributed by atoms with E-state index in [4.69, 9.17) is 4.74 Å². The van der Waals surface area contributed by atoms with Crippen LogP contribution in [0.4, 0.5) is 19.0 Å². The number of alkyl halides is 3. The van der Waals surface area contributed by atoms with E-state index in [0.717, 1.165) is 12.8 Å². The third-order valence-corrected chi connectivity index (χ3v) is 5.05. The fourth-order valence-electron chi connectivity index (χ4n) is 2.69. The van der Waals surface area contributed by atoms with Crippen molar-refractivity contribution >= 4 is 17.6 Å². The Labute approximate surface area is 177 Å². The number of amides is 2. The van der Waals surface area contributed by atoms with Crippen LogP contribution in [0, 0.1) is 5.41 Å². The van der Waals surface area contributed by atoms with E-state index < -0.39 is 25.2 Å². The summed E-state index contributed by atoms with van der Waals surface area (Å²) in [5.41, 5.74) is 0.628. The third-order valence-electron chi connectivity index (χ3n) is 5.05. The van der Waals surface area contributed by atoms with Crippen molar-refractivity contribution in [2.75, 3.05) is 11.9 Å². The Balaban J connectivity index is 1.55. The number of nitrogens with zero attached hydrogens (tertiary/aromatic N) is 2. The lowest BCUT2D eigenvalue weighted by Crippen LogP contribution is -2.27. The first-order chi connectivity index (χ1) is 14.6. The fraction of sp³-hybridized carbons (Fsp3) is 0.429. The summed E-state index contributed by atoms with van der Waals surface area (Å²) in [5, 5.41) is 5.54. The molecule has 1 aliphatic carbocycles. The second-order valence-electron chi connectivity index (χ2n) is 7.78. The Morgan fingerprint density at radius 2 is 1.97 bits per heavy atom. The van der Waals surface area contributed by atoms with Gasteiger partial charge in [0.2, 0.25) is 11.8 Å². The van der Waals surface area contributed by atoms with E-state index in [0.29, 0.717) is 16.9 Å². The van der Waals surface area contributed by atoms with Crippen LogP contribution in [0.2, 0.25) is 0 Å². The number of ether oxygens (including phenoxy) is 1. The molecule has 2 aromatic heterocycles. The second-order valence-corrected chi connectivity index (χ2v) is 7.78. The molecule has 3 rings (SSSR count). The highest BCUT2D eigenvalue weighted by molar-refractivity contribution is 5.98. The Morgan fingerprint density at radius 1 is 1.23 bits per heavy atom. The zero-order valence-corrected chi connectivity index (χ0v) is 17.1. The number of carbonyl (C=O) groups excluding carboxylic acids is 2. The first-order valence-electron chi connectivity index (χ1n) is 9.80. The standard InChI is InChI=1S/C21H23F3N4O3/c1-13(15-3-4-17(26-12-15)31-10-8-21(22,23)24)27-18(29)14-5-9-25-16(11-14)28-19(30)20(2)6-7-20/h3-5,9,11-13H,6-8,10H2,1-2H3,(H,27,29)(H,25,28,30). The number of aromatic nitrogens is 2. The number of hydrogen-bond donors (Lipinski definition) is 2. The largest absolute Gasteiger partial charge is 0.477 e. The molecule has 0 aliphatic heterocycles. The average molecular weight is 436 g/mol. The van der Waals surface area contributed by atoms with E-state index in [1.54, 1.807) is 13.0 Å². The SMILES string of the molecule is CC(NC(=O)c1ccnc(NC(=O)C2(C)CC2)c1)c1ccc(OCCC(F)(F)F)nc1. The molecule has 0 aromatic carbocycles. The zero-order valence-electron chi connectivity index (χ0n) is 17.1. The summed E-state index contributed by atoms with van der Waals surface area (Å²) in [5.74, 6) is -0.103. The highest BCUT2D eigenvalue weighted by Crippen LogP contribution is 2.45. The normalized spacial score (nSPS) is 15.6. The van der Waals surface area contributed by atoms with E-state index in [9.17, 15) is 22.8 Å². The van der Waals surface area contributed by atoms with Gasteiger partial charge in [-0.1, -0.05) is 13.0 Å². The Bertz CT molecular complexity index is 944. The first kappa shape index (κ1) is 22.5. The van der Waals surface area contributed by atoms with Crippen LogP contribution < -0.4 is 15.4 Å². The fourth-order valence-corrected chi connectivity index (χ4v) is 2.69. The Morgan fingerprint density at radius 3 is 2.58 bits per heavy atom. The number of halogens is 3. The third kappa shape index (κ3) is 6.40. The highest BCUT2D eigenvalue weighted by atomic mass is 19.4. The van der Waals surface area contributed by atoms with Crippen LogP contribution in [-0.2, 0) is 4.79 Å². The van der Waals surface area contributed by atoms with E-state index in [-0.39, 0.29) is 23.1 Å². The minimum Gasteiger partial charge on any atom is -0.477 e. The van der Waals surface area contributed by atoms with Crippen molar-refractivity contribution < 1.29 is 27.5 Å². The molecule has 1 unspecified atom stereocenters. The van der Waals surface area contributed by atoms with Gasteiger partial charge < -0.3 is 15.4 Å². The van der Waals surface area contributed by atoms with Gasteiger partial charge in [-0.3, -0.25) is 9.59 Å². The van der Waals surface area contributed by atoms with Crippen LogP contribution in [0.15, 0.2) is 36.7 Å². The molecule has 0 spiro atoms. The summed E-state index contributed by atoms with van der Waals surface area (Å²) in [6.45, 7) is 3.11. The maximum absolute atomic E-state index is 12.6. The van der Waals surface area contributed by atoms with Crippen LogP contribution >= 0.6 is 0 Å². The highest BCUT2D eigenvalue weighted by Gasteiger charge is 2.45. The molecular formula is C21H23F3N4O3. The van der Waals surface area contributed by atoms with Gasteiger partial charge in [-0.15, -0.1) is 0 Å². The van der Waals surface area contributed by atoms with Crippen molar-refractivity contribution in [3.63, 3.8) is 0 Å². The van der Waals surface area contributed by atoms with Crippen molar-refractivity contribution in [3.8, 4) is 5.88 Å². The number of anilines is 1. The minimum atomic E-state index is -4.29. The molecular weight excluding hydrogens is 413 g/mol. The number of hydrogen-bond acceptors (Lipinski definition) is 5. The van der Waals surface area contributed by atoms with Gasteiger partial charge in [0.05, 0.1) is 19.1 Å². The molecule has 2 aromatic rings. The molecule has 1 atom stereocenters. The molecule has 0 saturated heterocycles. The molecule has 2 heterocycles. The van der Waals surface area contributed by atoms with Gasteiger partial charge >= 0.3 is 6.18 Å². The summed E-state index contributed by atoms with van der Waals surface area (Å²) < 4.78 is 41.5. The summed E-state index contributed by atoms with van der Waals surface area (Å²) in [4.78, 5) is 32.8. The molecule has 7 nitrogen and oxygen atoms in total. The van der Waals surface area contributed by atoms with Crippen LogP contribution in [-0.4, -0.2) is 34.6 Å². The Hall–Kier alpha value is -3.17. The molecule has 2 N–H and O–H groups in total. The van der Waals surface area contributed by atoms with Gasteiger partial charge in [-0.25, -0.2) is 9.97 Å². The summed E-state index contributed by atoms with van der Waals surface area (Å²) in [6.07, 6.45) is -0.810. The number of carbonyl (C=O) groups is 2. The van der Waals surface area contributed by atoms with Gasteiger partial charge in [0.15, 0.2) is 0 Å². The van der Waals surface area contributed by atoms with Crippen LogP contribution in [0.3, 0.4) is 0 Å². The van der Waals surface area contributed by atoms with Gasteiger partial charge in [0.25, 0.3) is 5.91 Å². The predicted molar refractivity (Wildman–Crippen MR) is 106 cm³/mol. The van der Waals surface area contributed by atoms with E-state index in [1.165, 1.54) is 30.6 Å². The summed E-state index contributed by atoms with van der Waals surface area (Å²) in [6, 6.07) is 5.69. The lowest BCUT2D eigenvalue weighted by molar-refractivity contribution is -0.139. The summed E-state index contributed by atoms with van der Waals surface area (Å²) >= 11 is 0. The second kappa shape index (κ2) is 8.91. The Kier molecular flexibility index (Phi) is 6.47. The monoisotopic (exact) mass is 436 g/mol. The minimum absolute atomic E-state index is 0.0744. The number of rotatable bonds is 8. The zero-order chi connectivity index (χ0) is 22.6. The molecule has 0 radical (unpaired) electrons. The van der Waals surface area contributed by atoms with Crippen molar-refractivity contribution in [2.45, 2.75) is 45.3 Å². The van der Waals surface area contributed by atoms with E-state index >= 15 is 0 Å². The molecule has 0 bridgehead atoms. The molecule has 1 fully saturated rings. The maximum atomic E-state index is 12.6. The van der Waals surface area contributed by atoms with Crippen molar-refractivity contribution in [3.05, 3.63) is 47.8 Å². The quantitative estimate of drug-likeness (QED) is 0.652. The lowest BCUT2D eigenvalue weighted by Gasteiger charge is -2.15. The van der Waals surface area contributed by atoms with E-state index in [2.05, 4.69) is 20.6 Å². The molecule has 1 saturated carbocycles. The number of pyridine rings is 2. The molecule has 166 valence electrons. The molecule has 2 amide bonds. The van der Waals surface area contributed by atoms with Crippen LogP contribution in [0.5, 0.6) is 5.88 Å². The molecule has 10 heteroatoms. The van der Waals surface area contributed by atoms with Crippen LogP contribution in [0.1, 0.15) is 55.1 Å². The van der Waals surface area contributed by atoms with Gasteiger partial charge in [0.1, 0.15) is 5.82 Å². The van der Waals surface area contributed by atoms with Gasteiger partial charge in [-0.2, -0.15) is 13.2 Å². The maximum Gasteiger partial charge on any atom is 0.392 e. The van der Waals surface area contributed by atoms with E-state index in [1.807, 2.05) is 6.92 Å². The van der Waals surface area contributed by atoms with Crippen molar-refractivity contribution in [1.29, 1.82) is 0 Å². The van der Waals surface area contributed by atoms with Gasteiger partial charge in [-0.05, 0) is 37.5 Å². The molecule has 1 aliphatic rings. The first-order valence-corrected chi connectivity index (χ1v) is 9.80. The average Bonchev–Trinajstić information content (AvgIpc) is 3.46. The van der Waals surface area contributed by atoms with Crippen molar-refractivity contribution in [1.82, 2.24) is 15.3 Å².